The lowest BCUT2D eigenvalue weighted by Gasteiger charge is -2.39. The fourth-order valence-corrected chi connectivity index (χ4v) is 2.06. The zero-order valence-corrected chi connectivity index (χ0v) is 11.6. The lowest BCUT2D eigenvalue weighted by atomic mass is 9.99. The first kappa shape index (κ1) is 17.2. The van der Waals surface area contributed by atoms with Gasteiger partial charge in [0.15, 0.2) is 17.2 Å². The topological polar surface area (TPSA) is 177 Å². The standard InChI is InChI=1S/C13H16O10/c14-3-7-9(18)10(19)11(20)13(22-7)23-12(21)4-1-5(15)8(17)6(16)2-4/h1-2,7,9-11,13-20H,3H2/t7?,9-,10?,11?,13+/m1/s1. The average Bonchev–Trinajstić information content (AvgIpc) is 2.52. The minimum absolute atomic E-state index is 0.366. The van der Waals surface area contributed by atoms with Crippen molar-refractivity contribution < 1.29 is 50.0 Å². The number of benzene rings is 1. The summed E-state index contributed by atoms with van der Waals surface area (Å²) in [6.07, 6.45) is -8.06. The first-order valence-corrected chi connectivity index (χ1v) is 6.52. The minimum atomic E-state index is -1.78. The van der Waals surface area contributed by atoms with Crippen molar-refractivity contribution in [2.24, 2.45) is 0 Å². The zero-order chi connectivity index (χ0) is 17.3. The molecule has 1 aliphatic rings. The number of esters is 1. The summed E-state index contributed by atoms with van der Waals surface area (Å²) in [4.78, 5) is 11.9. The van der Waals surface area contributed by atoms with Gasteiger partial charge in [-0.15, -0.1) is 0 Å². The van der Waals surface area contributed by atoms with Crippen LogP contribution in [0, 0.1) is 0 Å². The average molecular weight is 332 g/mol. The van der Waals surface area contributed by atoms with E-state index in [1.807, 2.05) is 0 Å². The molecule has 0 radical (unpaired) electrons. The third-order valence-electron chi connectivity index (χ3n) is 3.38. The summed E-state index contributed by atoms with van der Waals surface area (Å²) in [6, 6.07) is 1.61. The summed E-state index contributed by atoms with van der Waals surface area (Å²) in [5.41, 5.74) is -0.366. The van der Waals surface area contributed by atoms with Crippen LogP contribution in [0.2, 0.25) is 0 Å². The molecule has 1 heterocycles. The Kier molecular flexibility index (Phi) is 4.92. The number of rotatable bonds is 3. The molecule has 128 valence electrons. The summed E-state index contributed by atoms with van der Waals surface area (Å²) in [5.74, 6) is -3.52. The predicted octanol–water partition coefficient (Wildman–Crippen LogP) is -2.24. The maximum Gasteiger partial charge on any atom is 0.340 e. The van der Waals surface area contributed by atoms with E-state index < -0.39 is 60.5 Å². The van der Waals surface area contributed by atoms with Crippen LogP contribution in [0.15, 0.2) is 12.1 Å². The molecule has 1 aromatic carbocycles. The van der Waals surface area contributed by atoms with Crippen LogP contribution in [0.5, 0.6) is 17.2 Å². The molecule has 5 atom stereocenters. The number of phenolic OH excluding ortho intramolecular Hbond substituents is 3. The first-order valence-electron chi connectivity index (χ1n) is 6.52. The van der Waals surface area contributed by atoms with Gasteiger partial charge in [-0.05, 0) is 12.1 Å². The molecule has 0 aromatic heterocycles. The minimum Gasteiger partial charge on any atom is -0.504 e. The van der Waals surface area contributed by atoms with Crippen LogP contribution in [-0.2, 0) is 9.47 Å². The van der Waals surface area contributed by atoms with Crippen molar-refractivity contribution in [1.29, 1.82) is 0 Å². The van der Waals surface area contributed by atoms with Crippen LogP contribution in [0.4, 0.5) is 0 Å². The van der Waals surface area contributed by atoms with Crippen LogP contribution in [0.1, 0.15) is 10.4 Å². The largest absolute Gasteiger partial charge is 0.504 e. The lowest BCUT2D eigenvalue weighted by molar-refractivity contribution is -0.285. The first-order chi connectivity index (χ1) is 10.8. The Morgan fingerprint density at radius 1 is 1.04 bits per heavy atom. The molecule has 1 aliphatic heterocycles. The molecule has 10 heteroatoms. The summed E-state index contributed by atoms with van der Waals surface area (Å²) in [7, 11) is 0. The molecule has 1 saturated heterocycles. The molecule has 0 aliphatic carbocycles. The number of carbonyl (C=O) groups is 1. The maximum absolute atomic E-state index is 11.9. The molecule has 7 N–H and O–H groups in total. The van der Waals surface area contributed by atoms with Crippen LogP contribution in [0.3, 0.4) is 0 Å². The van der Waals surface area contributed by atoms with E-state index in [-0.39, 0.29) is 5.56 Å². The summed E-state index contributed by atoms with van der Waals surface area (Å²) >= 11 is 0. The molecule has 0 amide bonds. The lowest BCUT2D eigenvalue weighted by Crippen LogP contribution is -2.59. The number of ether oxygens (including phenoxy) is 2. The molecule has 2 rings (SSSR count). The summed E-state index contributed by atoms with van der Waals surface area (Å²) in [5, 5.41) is 65.8. The van der Waals surface area contributed by atoms with Gasteiger partial charge < -0.3 is 45.2 Å². The van der Waals surface area contributed by atoms with Gasteiger partial charge in [-0.3, -0.25) is 0 Å². The van der Waals surface area contributed by atoms with Gasteiger partial charge in [-0.2, -0.15) is 0 Å². The predicted molar refractivity (Wildman–Crippen MR) is 70.6 cm³/mol. The third-order valence-corrected chi connectivity index (χ3v) is 3.38. The molecular weight excluding hydrogens is 316 g/mol. The van der Waals surface area contributed by atoms with Crippen LogP contribution < -0.4 is 0 Å². The second-order valence-electron chi connectivity index (χ2n) is 4.97. The Morgan fingerprint density at radius 2 is 1.61 bits per heavy atom. The second-order valence-corrected chi connectivity index (χ2v) is 4.97. The number of hydrogen-bond donors (Lipinski definition) is 7. The van der Waals surface area contributed by atoms with Crippen molar-refractivity contribution in [1.82, 2.24) is 0 Å². The van der Waals surface area contributed by atoms with Crippen molar-refractivity contribution in [3.05, 3.63) is 17.7 Å². The fourth-order valence-electron chi connectivity index (χ4n) is 2.06. The highest BCUT2D eigenvalue weighted by Gasteiger charge is 2.45. The van der Waals surface area contributed by atoms with Crippen molar-refractivity contribution in [2.45, 2.75) is 30.7 Å². The quantitative estimate of drug-likeness (QED) is 0.236. The molecule has 0 saturated carbocycles. The number of phenols is 3. The van der Waals surface area contributed by atoms with Gasteiger partial charge in [0.1, 0.15) is 24.4 Å². The third kappa shape index (κ3) is 3.30. The van der Waals surface area contributed by atoms with Gasteiger partial charge in [-0.1, -0.05) is 0 Å². The highest BCUT2D eigenvalue weighted by molar-refractivity contribution is 5.91. The molecule has 3 unspecified atom stereocenters. The van der Waals surface area contributed by atoms with E-state index in [2.05, 4.69) is 0 Å². The van der Waals surface area contributed by atoms with Gasteiger partial charge in [0.25, 0.3) is 0 Å². The molecular formula is C13H16O10. The number of aromatic hydroxyl groups is 3. The van der Waals surface area contributed by atoms with Crippen LogP contribution >= 0.6 is 0 Å². The monoisotopic (exact) mass is 332 g/mol. The maximum atomic E-state index is 11.9. The van der Waals surface area contributed by atoms with Crippen LogP contribution in [0.25, 0.3) is 0 Å². The fraction of sp³-hybridized carbons (Fsp3) is 0.462. The van der Waals surface area contributed by atoms with Gasteiger partial charge in [0.2, 0.25) is 6.29 Å². The van der Waals surface area contributed by atoms with Gasteiger partial charge in [-0.25, -0.2) is 4.79 Å². The second kappa shape index (κ2) is 6.56. The van der Waals surface area contributed by atoms with Gasteiger partial charge in [0, 0.05) is 0 Å². The normalized spacial score (nSPS) is 30.9. The van der Waals surface area contributed by atoms with Crippen molar-refractivity contribution in [3.63, 3.8) is 0 Å². The number of carbonyl (C=O) groups excluding carboxylic acids is 1. The van der Waals surface area contributed by atoms with Crippen molar-refractivity contribution >= 4 is 5.97 Å². The smallest absolute Gasteiger partial charge is 0.340 e. The molecule has 1 fully saturated rings. The molecule has 0 spiro atoms. The van der Waals surface area contributed by atoms with Gasteiger partial charge in [0.05, 0.1) is 12.2 Å². The number of aliphatic hydroxyl groups excluding tert-OH is 4. The Bertz CT molecular complexity index is 563. The molecule has 23 heavy (non-hydrogen) atoms. The van der Waals surface area contributed by atoms with Crippen LogP contribution in [-0.4, -0.2) is 79.0 Å². The Morgan fingerprint density at radius 3 is 2.13 bits per heavy atom. The Balaban J connectivity index is 2.16. The number of hydrogen-bond acceptors (Lipinski definition) is 10. The van der Waals surface area contributed by atoms with E-state index >= 15 is 0 Å². The van der Waals surface area contributed by atoms with E-state index in [0.717, 1.165) is 12.1 Å². The molecule has 1 aromatic rings. The van der Waals surface area contributed by atoms with Crippen molar-refractivity contribution in [3.8, 4) is 17.2 Å². The Hall–Kier alpha value is -2.11. The van der Waals surface area contributed by atoms with E-state index in [1.165, 1.54) is 0 Å². The zero-order valence-electron chi connectivity index (χ0n) is 11.6. The number of aliphatic hydroxyl groups is 4. The van der Waals surface area contributed by atoms with E-state index in [9.17, 15) is 35.4 Å². The summed E-state index contributed by atoms with van der Waals surface area (Å²) in [6.45, 7) is -0.695. The highest BCUT2D eigenvalue weighted by Crippen LogP contribution is 2.35. The van der Waals surface area contributed by atoms with E-state index in [4.69, 9.17) is 14.6 Å². The van der Waals surface area contributed by atoms with E-state index in [0.29, 0.717) is 0 Å². The van der Waals surface area contributed by atoms with E-state index in [1.54, 1.807) is 0 Å². The Labute approximate surface area is 129 Å². The van der Waals surface area contributed by atoms with Gasteiger partial charge >= 0.3 is 5.97 Å². The highest BCUT2D eigenvalue weighted by atomic mass is 16.7. The molecule has 10 nitrogen and oxygen atoms in total. The molecule has 0 bridgehead atoms. The SMILES string of the molecule is O=C(O[C@@H]1OC(CO)[C@@H](O)C(O)C1O)c1cc(O)c(O)c(O)c1. The summed E-state index contributed by atoms with van der Waals surface area (Å²) < 4.78 is 9.77. The van der Waals surface area contributed by atoms with Crippen molar-refractivity contribution in [2.75, 3.05) is 6.61 Å².